The van der Waals surface area contributed by atoms with E-state index < -0.39 is 11.7 Å². The first-order valence-corrected chi connectivity index (χ1v) is 8.85. The maximum Gasteiger partial charge on any atom is 0.229 e. The maximum absolute atomic E-state index is 13.6. The third kappa shape index (κ3) is 4.56. The summed E-state index contributed by atoms with van der Waals surface area (Å²) in [7, 11) is 0. The average Bonchev–Trinajstić information content (AvgIpc) is 3.05. The van der Waals surface area contributed by atoms with Crippen LogP contribution in [0.5, 0.6) is 5.75 Å². The number of nitrogens with zero attached hydrogens (tertiary/aromatic N) is 1. The highest BCUT2D eigenvalue weighted by Crippen LogP contribution is 2.28. The number of carbonyl (C=O) groups excluding carboxylic acids is 2. The Balaban J connectivity index is 1.62. The molecule has 1 atom stereocenters. The van der Waals surface area contributed by atoms with Gasteiger partial charge in [0.15, 0.2) is 0 Å². The minimum absolute atomic E-state index is 0.0152. The number of amides is 2. The van der Waals surface area contributed by atoms with Crippen LogP contribution in [0.1, 0.15) is 6.42 Å². The molecular weight excluding hydrogens is 373 g/mol. The lowest BCUT2D eigenvalue weighted by Gasteiger charge is -2.17. The van der Waals surface area contributed by atoms with Gasteiger partial charge in [0, 0.05) is 30.9 Å². The minimum Gasteiger partial charge on any atom is -0.492 e. The van der Waals surface area contributed by atoms with E-state index in [1.165, 1.54) is 17.0 Å². The lowest BCUT2D eigenvalue weighted by Crippen LogP contribution is -2.28. The van der Waals surface area contributed by atoms with Crippen molar-refractivity contribution < 1.29 is 18.7 Å². The van der Waals surface area contributed by atoms with Crippen molar-refractivity contribution in [2.45, 2.75) is 6.42 Å². The number of hydrogen-bond acceptors (Lipinski definition) is 4. The SMILES string of the molecule is NCCOc1ccc(NC(=O)C2CC(=O)N(c3ccc(Cl)c(F)c3)C2)cc1. The molecule has 6 nitrogen and oxygen atoms in total. The van der Waals surface area contributed by atoms with Crippen molar-refractivity contribution >= 4 is 34.8 Å². The van der Waals surface area contributed by atoms with Crippen LogP contribution < -0.4 is 20.7 Å². The zero-order chi connectivity index (χ0) is 19.4. The highest BCUT2D eigenvalue weighted by Gasteiger charge is 2.35. The van der Waals surface area contributed by atoms with Crippen LogP contribution in [0.25, 0.3) is 0 Å². The number of nitrogens with one attached hydrogen (secondary N) is 1. The molecule has 27 heavy (non-hydrogen) atoms. The Labute approximate surface area is 161 Å². The van der Waals surface area contributed by atoms with Crippen molar-refractivity contribution in [3.05, 3.63) is 53.3 Å². The number of ether oxygens (including phenoxy) is 1. The predicted molar refractivity (Wildman–Crippen MR) is 101 cm³/mol. The Bertz CT molecular complexity index is 845. The number of carbonyl (C=O) groups is 2. The number of halogens is 2. The average molecular weight is 392 g/mol. The summed E-state index contributed by atoms with van der Waals surface area (Å²) in [5.74, 6) is -0.972. The van der Waals surface area contributed by atoms with E-state index >= 15 is 0 Å². The Morgan fingerprint density at radius 1 is 1.30 bits per heavy atom. The number of anilines is 2. The van der Waals surface area contributed by atoms with Crippen molar-refractivity contribution in [1.82, 2.24) is 0 Å². The van der Waals surface area contributed by atoms with Gasteiger partial charge in [-0.15, -0.1) is 0 Å². The summed E-state index contributed by atoms with van der Waals surface area (Å²) in [6.45, 7) is 1.02. The van der Waals surface area contributed by atoms with Gasteiger partial charge in [-0.25, -0.2) is 4.39 Å². The van der Waals surface area contributed by atoms with E-state index in [1.807, 2.05) is 0 Å². The van der Waals surface area contributed by atoms with E-state index in [4.69, 9.17) is 22.1 Å². The molecule has 3 N–H and O–H groups in total. The van der Waals surface area contributed by atoms with E-state index in [-0.39, 0.29) is 29.8 Å². The molecule has 0 aromatic heterocycles. The minimum atomic E-state index is -0.605. The summed E-state index contributed by atoms with van der Waals surface area (Å²) in [5.41, 5.74) is 6.37. The van der Waals surface area contributed by atoms with Crippen LogP contribution in [0.2, 0.25) is 5.02 Å². The van der Waals surface area contributed by atoms with Gasteiger partial charge in [0.05, 0.1) is 10.9 Å². The van der Waals surface area contributed by atoms with Gasteiger partial charge in [0.25, 0.3) is 0 Å². The number of rotatable bonds is 6. The molecule has 142 valence electrons. The van der Waals surface area contributed by atoms with Gasteiger partial charge in [-0.3, -0.25) is 9.59 Å². The molecule has 2 amide bonds. The van der Waals surface area contributed by atoms with E-state index in [1.54, 1.807) is 30.3 Å². The third-order valence-electron chi connectivity index (χ3n) is 4.22. The highest BCUT2D eigenvalue weighted by molar-refractivity contribution is 6.30. The summed E-state index contributed by atoms with van der Waals surface area (Å²) in [6.07, 6.45) is 0.0633. The maximum atomic E-state index is 13.6. The molecule has 3 rings (SSSR count). The monoisotopic (exact) mass is 391 g/mol. The summed E-state index contributed by atoms with van der Waals surface area (Å²) in [6, 6.07) is 11.0. The molecule has 1 heterocycles. The third-order valence-corrected chi connectivity index (χ3v) is 4.53. The molecule has 0 saturated carbocycles. The van der Waals surface area contributed by atoms with Crippen molar-refractivity contribution in [1.29, 1.82) is 0 Å². The Morgan fingerprint density at radius 3 is 2.70 bits per heavy atom. The van der Waals surface area contributed by atoms with Gasteiger partial charge in [-0.1, -0.05) is 11.6 Å². The van der Waals surface area contributed by atoms with Crippen LogP contribution in [0, 0.1) is 11.7 Å². The Hall–Kier alpha value is -2.64. The van der Waals surface area contributed by atoms with Crippen LogP contribution in [0.4, 0.5) is 15.8 Å². The number of hydrogen-bond donors (Lipinski definition) is 2. The summed E-state index contributed by atoms with van der Waals surface area (Å²) in [4.78, 5) is 26.1. The molecule has 1 aliphatic heterocycles. The fourth-order valence-corrected chi connectivity index (χ4v) is 2.96. The van der Waals surface area contributed by atoms with Crippen LogP contribution >= 0.6 is 11.6 Å². The molecular formula is C19H19ClFN3O3. The predicted octanol–water partition coefficient (Wildman–Crippen LogP) is 2.81. The van der Waals surface area contributed by atoms with Crippen molar-refractivity contribution in [3.8, 4) is 5.75 Å². The fraction of sp³-hybridized carbons (Fsp3) is 0.263. The van der Waals surface area contributed by atoms with Gasteiger partial charge in [-0.05, 0) is 42.5 Å². The molecule has 1 saturated heterocycles. The molecule has 2 aromatic rings. The van der Waals surface area contributed by atoms with Crippen LogP contribution in [-0.2, 0) is 9.59 Å². The van der Waals surface area contributed by atoms with E-state index in [2.05, 4.69) is 5.32 Å². The van der Waals surface area contributed by atoms with Gasteiger partial charge in [-0.2, -0.15) is 0 Å². The van der Waals surface area contributed by atoms with Gasteiger partial charge < -0.3 is 20.7 Å². The normalized spacial score (nSPS) is 16.5. The standard InChI is InChI=1S/C19H19ClFN3O3/c20-16-6-3-14(10-17(16)21)24-11-12(9-18(24)25)19(26)23-13-1-4-15(5-2-13)27-8-7-22/h1-6,10,12H,7-9,11,22H2,(H,23,26). The summed E-state index contributed by atoms with van der Waals surface area (Å²) < 4.78 is 19.0. The topological polar surface area (TPSA) is 84.7 Å². The van der Waals surface area contributed by atoms with Crippen molar-refractivity contribution in [3.63, 3.8) is 0 Å². The quantitative estimate of drug-likeness (QED) is 0.793. The van der Waals surface area contributed by atoms with Gasteiger partial charge >= 0.3 is 0 Å². The van der Waals surface area contributed by atoms with Crippen LogP contribution in [-0.4, -0.2) is 31.5 Å². The molecule has 1 aliphatic rings. The van der Waals surface area contributed by atoms with Crippen molar-refractivity contribution in [2.24, 2.45) is 11.7 Å². The van der Waals surface area contributed by atoms with Gasteiger partial charge in [0.2, 0.25) is 11.8 Å². The number of benzene rings is 2. The highest BCUT2D eigenvalue weighted by atomic mass is 35.5. The molecule has 0 radical (unpaired) electrons. The van der Waals surface area contributed by atoms with E-state index in [0.717, 1.165) is 0 Å². The summed E-state index contributed by atoms with van der Waals surface area (Å²) in [5, 5.41) is 2.77. The molecule has 1 unspecified atom stereocenters. The van der Waals surface area contributed by atoms with E-state index in [9.17, 15) is 14.0 Å². The lowest BCUT2D eigenvalue weighted by atomic mass is 10.1. The fourth-order valence-electron chi connectivity index (χ4n) is 2.84. The lowest BCUT2D eigenvalue weighted by molar-refractivity contribution is -0.122. The van der Waals surface area contributed by atoms with Crippen LogP contribution in [0.15, 0.2) is 42.5 Å². The number of nitrogens with two attached hydrogens (primary N) is 1. The zero-order valence-electron chi connectivity index (χ0n) is 14.5. The molecule has 0 bridgehead atoms. The molecule has 0 spiro atoms. The Morgan fingerprint density at radius 2 is 2.04 bits per heavy atom. The second-order valence-electron chi connectivity index (χ2n) is 6.15. The Kier molecular flexibility index (Phi) is 5.93. The molecule has 1 fully saturated rings. The smallest absolute Gasteiger partial charge is 0.229 e. The second kappa shape index (κ2) is 8.37. The second-order valence-corrected chi connectivity index (χ2v) is 6.56. The van der Waals surface area contributed by atoms with E-state index in [0.29, 0.717) is 30.3 Å². The van der Waals surface area contributed by atoms with Gasteiger partial charge in [0.1, 0.15) is 18.2 Å². The van der Waals surface area contributed by atoms with Crippen LogP contribution in [0.3, 0.4) is 0 Å². The molecule has 8 heteroatoms. The first kappa shape index (κ1) is 19.1. The summed E-state index contributed by atoms with van der Waals surface area (Å²) >= 11 is 5.67. The first-order chi connectivity index (χ1) is 13.0. The zero-order valence-corrected chi connectivity index (χ0v) is 15.2. The van der Waals surface area contributed by atoms with Crippen molar-refractivity contribution in [2.75, 3.05) is 29.9 Å². The molecule has 2 aromatic carbocycles. The largest absolute Gasteiger partial charge is 0.492 e. The molecule has 0 aliphatic carbocycles. The first-order valence-electron chi connectivity index (χ1n) is 8.47.